The molecule has 1 aliphatic rings. The van der Waals surface area contributed by atoms with Gasteiger partial charge in [-0.15, -0.1) is 0 Å². The number of rotatable bonds is 5. The summed E-state index contributed by atoms with van der Waals surface area (Å²) in [5, 5.41) is 6.20. The summed E-state index contributed by atoms with van der Waals surface area (Å²) in [7, 11) is 3.62. The van der Waals surface area contributed by atoms with Gasteiger partial charge in [0.2, 0.25) is 5.91 Å². The molecule has 3 rings (SSSR count). The van der Waals surface area contributed by atoms with Gasteiger partial charge in [0.1, 0.15) is 6.54 Å². The number of aryl methyl sites for hydroxylation is 2. The van der Waals surface area contributed by atoms with Gasteiger partial charge in [0, 0.05) is 33.1 Å². The van der Waals surface area contributed by atoms with Crippen molar-refractivity contribution in [2.45, 2.75) is 32.7 Å². The zero-order valence-corrected chi connectivity index (χ0v) is 16.3. The van der Waals surface area contributed by atoms with E-state index in [0.29, 0.717) is 12.8 Å². The highest BCUT2D eigenvalue weighted by Crippen LogP contribution is 2.33. The summed E-state index contributed by atoms with van der Waals surface area (Å²) in [5.41, 5.74) is 4.10. The quantitative estimate of drug-likeness (QED) is 0.817. The number of carbonyl (C=O) groups excluding carboxylic acids is 2. The molecule has 0 bridgehead atoms. The zero-order valence-electron chi connectivity index (χ0n) is 16.3. The smallest absolute Gasteiger partial charge is 0.262 e. The highest BCUT2D eigenvalue weighted by Gasteiger charge is 2.34. The largest absolute Gasteiger partial charge is 0.350 e. The molecule has 0 aliphatic carbocycles. The first kappa shape index (κ1) is 18.9. The lowest BCUT2D eigenvalue weighted by atomic mass is 9.99. The van der Waals surface area contributed by atoms with E-state index in [1.54, 1.807) is 19.0 Å². The molecule has 2 aromatic rings. The maximum absolute atomic E-state index is 12.9. The van der Waals surface area contributed by atoms with Crippen molar-refractivity contribution >= 4 is 17.5 Å². The fraction of sp³-hybridized carbons (Fsp3) is 0.381. The Labute approximate surface area is 160 Å². The minimum atomic E-state index is -0.172. The Balaban J connectivity index is 1.90. The van der Waals surface area contributed by atoms with Gasteiger partial charge in [-0.05, 0) is 24.6 Å². The van der Waals surface area contributed by atoms with Crippen molar-refractivity contribution < 1.29 is 9.59 Å². The monoisotopic (exact) mass is 366 g/mol. The molecule has 0 N–H and O–H groups in total. The molecular formula is C21H26N4O2. The molecule has 0 radical (unpaired) electrons. The van der Waals surface area contributed by atoms with Crippen LogP contribution < -0.4 is 0 Å². The van der Waals surface area contributed by atoms with Gasteiger partial charge < -0.3 is 9.47 Å². The summed E-state index contributed by atoms with van der Waals surface area (Å²) in [6.07, 6.45) is 3.00. The van der Waals surface area contributed by atoms with Crippen LogP contribution in [0.25, 0.3) is 0 Å². The number of amides is 2. The van der Waals surface area contributed by atoms with E-state index in [-0.39, 0.29) is 24.4 Å². The fourth-order valence-corrected chi connectivity index (χ4v) is 3.34. The lowest BCUT2D eigenvalue weighted by Crippen LogP contribution is -2.38. The lowest BCUT2D eigenvalue weighted by molar-refractivity contribution is -0.140. The van der Waals surface area contributed by atoms with Gasteiger partial charge in [-0.2, -0.15) is 5.10 Å². The van der Waals surface area contributed by atoms with E-state index in [1.165, 1.54) is 10.5 Å². The molecule has 0 spiro atoms. The van der Waals surface area contributed by atoms with Gasteiger partial charge in [0.05, 0.1) is 17.4 Å². The van der Waals surface area contributed by atoms with E-state index in [9.17, 15) is 9.59 Å². The maximum atomic E-state index is 12.9. The van der Waals surface area contributed by atoms with Gasteiger partial charge in [-0.25, -0.2) is 5.01 Å². The molecule has 0 fully saturated rings. The Hall–Kier alpha value is -2.89. The van der Waals surface area contributed by atoms with E-state index in [1.807, 2.05) is 61.1 Å². The van der Waals surface area contributed by atoms with Gasteiger partial charge in [0.15, 0.2) is 0 Å². The van der Waals surface area contributed by atoms with E-state index >= 15 is 0 Å². The Morgan fingerprint density at radius 1 is 1.22 bits per heavy atom. The number of benzene rings is 1. The van der Waals surface area contributed by atoms with Crippen LogP contribution in [-0.2, 0) is 16.6 Å². The Morgan fingerprint density at radius 2 is 1.93 bits per heavy atom. The minimum Gasteiger partial charge on any atom is -0.350 e. The van der Waals surface area contributed by atoms with Gasteiger partial charge in [0.25, 0.3) is 5.91 Å². The van der Waals surface area contributed by atoms with Gasteiger partial charge in [-0.3, -0.25) is 9.59 Å². The number of hydrazone groups is 1. The van der Waals surface area contributed by atoms with Crippen molar-refractivity contribution in [3.63, 3.8) is 0 Å². The highest BCUT2D eigenvalue weighted by atomic mass is 16.2. The van der Waals surface area contributed by atoms with Crippen molar-refractivity contribution in [1.29, 1.82) is 0 Å². The van der Waals surface area contributed by atoms with Gasteiger partial charge in [-0.1, -0.05) is 36.8 Å². The minimum absolute atomic E-state index is 0.0267. The molecule has 2 amide bonds. The summed E-state index contributed by atoms with van der Waals surface area (Å²) >= 11 is 0. The van der Waals surface area contributed by atoms with E-state index < -0.39 is 0 Å². The predicted molar refractivity (Wildman–Crippen MR) is 105 cm³/mol. The zero-order chi connectivity index (χ0) is 19.6. The Bertz CT molecular complexity index is 867. The number of aromatic nitrogens is 1. The molecule has 0 saturated carbocycles. The molecule has 6 nitrogen and oxygen atoms in total. The van der Waals surface area contributed by atoms with Crippen molar-refractivity contribution in [3.8, 4) is 0 Å². The first-order valence-electron chi connectivity index (χ1n) is 9.22. The van der Waals surface area contributed by atoms with Crippen molar-refractivity contribution in [2.24, 2.45) is 12.1 Å². The summed E-state index contributed by atoms with van der Waals surface area (Å²) in [5.74, 6) is -0.227. The van der Waals surface area contributed by atoms with Crippen molar-refractivity contribution in [3.05, 3.63) is 59.4 Å². The van der Waals surface area contributed by atoms with Crippen molar-refractivity contribution in [1.82, 2.24) is 14.5 Å². The Kier molecular flexibility index (Phi) is 5.44. The molecule has 1 aromatic carbocycles. The van der Waals surface area contributed by atoms with Gasteiger partial charge >= 0.3 is 0 Å². The van der Waals surface area contributed by atoms with Crippen molar-refractivity contribution in [2.75, 3.05) is 13.6 Å². The van der Waals surface area contributed by atoms with Crippen LogP contribution in [0.15, 0.2) is 47.7 Å². The molecule has 27 heavy (non-hydrogen) atoms. The second-order valence-electron chi connectivity index (χ2n) is 7.02. The summed E-state index contributed by atoms with van der Waals surface area (Å²) in [6.45, 7) is 3.86. The van der Waals surface area contributed by atoms with Crippen LogP contribution in [0.5, 0.6) is 0 Å². The molecule has 0 saturated heterocycles. The van der Waals surface area contributed by atoms with Crippen LogP contribution in [-0.4, -0.2) is 45.6 Å². The molecule has 1 atom stereocenters. The third-order valence-corrected chi connectivity index (χ3v) is 4.97. The topological polar surface area (TPSA) is 57.9 Å². The fourth-order valence-electron chi connectivity index (χ4n) is 3.34. The molecule has 6 heteroatoms. The van der Waals surface area contributed by atoms with Crippen LogP contribution in [0.1, 0.15) is 42.6 Å². The second kappa shape index (κ2) is 7.78. The summed E-state index contributed by atoms with van der Waals surface area (Å²) in [6, 6.07) is 12.0. The number of hydrogen-bond acceptors (Lipinski definition) is 3. The molecular weight excluding hydrogens is 340 g/mol. The first-order valence-corrected chi connectivity index (χ1v) is 9.22. The van der Waals surface area contributed by atoms with E-state index in [2.05, 4.69) is 5.10 Å². The van der Waals surface area contributed by atoms with Crippen LogP contribution in [0.3, 0.4) is 0 Å². The molecule has 1 aliphatic heterocycles. The number of carbonyl (C=O) groups is 2. The Morgan fingerprint density at radius 3 is 2.52 bits per heavy atom. The average molecular weight is 366 g/mol. The lowest BCUT2D eigenvalue weighted by Gasteiger charge is -2.24. The molecule has 0 unspecified atom stereocenters. The van der Waals surface area contributed by atoms with Crippen LogP contribution >= 0.6 is 0 Å². The molecule has 1 aromatic heterocycles. The third kappa shape index (κ3) is 3.94. The third-order valence-electron chi connectivity index (χ3n) is 4.97. The van der Waals surface area contributed by atoms with E-state index in [4.69, 9.17) is 0 Å². The molecule has 2 heterocycles. The predicted octanol–water partition coefficient (Wildman–Crippen LogP) is 2.88. The van der Waals surface area contributed by atoms with Crippen LogP contribution in [0, 0.1) is 6.92 Å². The summed E-state index contributed by atoms with van der Waals surface area (Å²) < 4.78 is 2.01. The maximum Gasteiger partial charge on any atom is 0.262 e. The SMILES string of the molecule is CCC(=O)N(C)CC(=O)N1N=C(c2cccn2C)C[C@H]1c1ccc(C)cc1. The van der Waals surface area contributed by atoms with E-state index in [0.717, 1.165) is 17.0 Å². The standard InChI is InChI=1S/C21H26N4O2/c1-5-20(26)24(4)14-21(27)25-19(16-10-8-15(2)9-11-16)13-17(22-25)18-7-6-12-23(18)3/h6-12,19H,5,13-14H2,1-4H3/t19-/m0/s1. The normalized spacial score (nSPS) is 16.4. The second-order valence-corrected chi connectivity index (χ2v) is 7.02. The highest BCUT2D eigenvalue weighted by molar-refractivity contribution is 6.02. The number of hydrogen-bond donors (Lipinski definition) is 0. The average Bonchev–Trinajstić information content (AvgIpc) is 3.27. The first-order chi connectivity index (χ1) is 12.9. The van der Waals surface area contributed by atoms with Crippen LogP contribution in [0.4, 0.5) is 0 Å². The number of nitrogens with zero attached hydrogens (tertiary/aromatic N) is 4. The number of likely N-dealkylation sites (N-methyl/N-ethyl adjacent to an activating group) is 1. The summed E-state index contributed by atoms with van der Waals surface area (Å²) in [4.78, 5) is 26.3. The van der Waals surface area contributed by atoms with Crippen LogP contribution in [0.2, 0.25) is 0 Å². The molecule has 142 valence electrons.